The average Bonchev–Trinajstić information content (AvgIpc) is 0.769. The SMILES string of the molecule is Brc1ccc(Br)c2cnccc12.C=C(C)C(=O)OC.COC(=O)/C(C)=C/c1ccc(-c2c(OC)cccc2OC)c2cnccc12.COC(=O)C(C)Cc1ccc(-c2c(OC)cccc2OC)c2c1CCN(C)C2.COC(=O)C(C)Cc1ccc(-c2c(OC)cccc2OC)c2c1CCNC2.COc1cccc(OC)c1-c1ccc(Br)c2ccncc12.COc1cccc(OC)c1B(O)O. The Bertz CT molecular complexity index is 6180. The van der Waals surface area contributed by atoms with Crippen molar-refractivity contribution >= 4 is 123 Å². The van der Waals surface area contributed by atoms with E-state index in [4.69, 9.17) is 71.6 Å². The van der Waals surface area contributed by atoms with E-state index in [1.807, 2.05) is 154 Å². The number of methoxy groups -OCH3 is 14. The summed E-state index contributed by atoms with van der Waals surface area (Å²) in [4.78, 5) is 60.7. The van der Waals surface area contributed by atoms with Gasteiger partial charge < -0.3 is 86.6 Å². The van der Waals surface area contributed by atoms with E-state index < -0.39 is 7.12 Å². The van der Waals surface area contributed by atoms with Crippen LogP contribution in [0.2, 0.25) is 0 Å². The van der Waals surface area contributed by atoms with E-state index in [1.54, 1.807) is 114 Å². The molecule has 0 aliphatic carbocycles. The molecule has 2 aliphatic heterocycles. The molecule has 0 saturated carbocycles. The molecule has 2 aliphatic rings. The van der Waals surface area contributed by atoms with Crippen molar-refractivity contribution in [2.45, 2.75) is 66.5 Å². The molecule has 2 atom stereocenters. The summed E-state index contributed by atoms with van der Waals surface area (Å²) in [6.07, 6.45) is 15.9. The van der Waals surface area contributed by atoms with E-state index in [2.05, 4.69) is 122 Å². The smallest absolute Gasteiger partial charge is 0.496 e. The zero-order valence-electron chi connectivity index (χ0n) is 79.5. The number of benzene rings is 10. The van der Waals surface area contributed by atoms with Crippen molar-refractivity contribution in [2.24, 2.45) is 11.8 Å². The summed E-state index contributed by atoms with van der Waals surface area (Å²) in [7, 11) is 22.4. The van der Waals surface area contributed by atoms with Crippen LogP contribution in [0.5, 0.6) is 57.5 Å². The lowest BCUT2D eigenvalue weighted by molar-refractivity contribution is -0.145. The number of carbonyl (C=O) groups excluding carboxylic acids is 4. The van der Waals surface area contributed by atoms with Crippen LogP contribution in [0.4, 0.5) is 0 Å². The number of pyridine rings is 3. The molecule has 0 fully saturated rings. The number of carbonyl (C=O) groups is 4. The van der Waals surface area contributed by atoms with Crippen molar-refractivity contribution in [2.75, 3.05) is 120 Å². The number of aromatic nitrogens is 3. The van der Waals surface area contributed by atoms with Crippen molar-refractivity contribution in [1.29, 1.82) is 0 Å². The van der Waals surface area contributed by atoms with Crippen LogP contribution in [0.25, 0.3) is 82.9 Å². The summed E-state index contributed by atoms with van der Waals surface area (Å²) in [6.45, 7) is 14.1. The van der Waals surface area contributed by atoms with Crippen LogP contribution in [0, 0.1) is 11.8 Å². The number of nitrogens with one attached hydrogen (secondary N) is 1. The standard InChI is InChI=1S/C23H29NO4.C22H27NO4.C22H21NO4.C17H14BrNO2.C9H5Br2N.C8H11BO4.C5H8O2/c1-15(23(25)28-5)13-16-9-10-18(19-14-24(2)12-11-17(16)19)22-20(26-3)7-6-8-21(22)27-4;2*1-14(22(24)27-4)12-15-8-9-17(18-13-23-11-10-16(15)18)21-19(25-2)6-5-7-20(21)26-3;1-20-15-4-3-5-16(21-2)17(15)12-6-7-14(18)11-8-9-19-10-13(11)12;10-8-1-2-9(11)7-5-12-4-3-6(7)8;1-12-6-4-3-5-7(13-2)8(6)9(10)11;1-4(2)5(6)7-3/h6-10,15H,11-14H2,1-5H3;5-9,14,23H,10-13H2,1-4H3;5-13H,1-4H3;3-10H,1-2H3;1-5H;3-5,10-11H,1-2H3;1H2,2-3H3/b;;14-12+;;;;. The molecular weight excluding hydrogens is 1910 g/mol. The fraction of sp³-hybridized carbons (Fsp3) is 0.274. The Morgan fingerprint density at radius 3 is 1.13 bits per heavy atom. The van der Waals surface area contributed by atoms with E-state index >= 15 is 0 Å². The molecule has 0 amide bonds. The number of halogens is 3. The highest BCUT2D eigenvalue weighted by Crippen LogP contribution is 2.48. The van der Waals surface area contributed by atoms with Crippen LogP contribution >= 0.6 is 47.8 Å². The predicted molar refractivity (Wildman–Crippen MR) is 542 cm³/mol. The van der Waals surface area contributed by atoms with Crippen LogP contribution in [0.3, 0.4) is 0 Å². The zero-order chi connectivity index (χ0) is 98.1. The van der Waals surface area contributed by atoms with Crippen LogP contribution < -0.4 is 58.1 Å². The highest BCUT2D eigenvalue weighted by molar-refractivity contribution is 9.11. The van der Waals surface area contributed by atoms with Gasteiger partial charge >= 0.3 is 31.0 Å². The predicted octanol–water partition coefficient (Wildman–Crippen LogP) is 20.1. The molecule has 0 saturated heterocycles. The first-order valence-electron chi connectivity index (χ1n) is 43.0. The number of nitrogens with zero attached hydrogens (tertiary/aromatic N) is 4. The quantitative estimate of drug-likeness (QED) is 0.0219. The molecule has 135 heavy (non-hydrogen) atoms. The topological polar surface area (TPSA) is 292 Å². The van der Waals surface area contributed by atoms with Gasteiger partial charge in [-0.15, -0.1) is 0 Å². The fourth-order valence-electron chi connectivity index (χ4n) is 15.9. The van der Waals surface area contributed by atoms with Gasteiger partial charge in [0.2, 0.25) is 0 Å². The van der Waals surface area contributed by atoms with Gasteiger partial charge in [0.1, 0.15) is 57.5 Å². The Labute approximate surface area is 814 Å². The number of rotatable bonds is 24. The second kappa shape index (κ2) is 52.1. The van der Waals surface area contributed by atoms with Gasteiger partial charge in [-0.3, -0.25) is 24.5 Å². The molecule has 0 bridgehead atoms. The molecule has 0 radical (unpaired) electrons. The number of fused-ring (bicyclic) bond motifs is 5. The van der Waals surface area contributed by atoms with Crippen LogP contribution in [0.15, 0.2) is 238 Å². The van der Waals surface area contributed by atoms with Gasteiger partial charge in [0.15, 0.2) is 0 Å². The van der Waals surface area contributed by atoms with Gasteiger partial charge in [-0.05, 0) is 228 Å². The molecule has 3 N–H and O–H groups in total. The minimum atomic E-state index is -1.59. The van der Waals surface area contributed by atoms with Crippen LogP contribution in [-0.4, -0.2) is 181 Å². The molecule has 3 aromatic heterocycles. The minimum Gasteiger partial charge on any atom is -0.497 e. The Morgan fingerprint density at radius 2 is 0.756 bits per heavy atom. The zero-order valence-corrected chi connectivity index (χ0v) is 84.2. The number of esters is 4. The molecule has 2 unspecified atom stereocenters. The lowest BCUT2D eigenvalue weighted by Gasteiger charge is -2.30. The molecule has 25 nitrogen and oxygen atoms in total. The number of ether oxygens (including phenoxy) is 14. The van der Waals surface area contributed by atoms with E-state index in [0.717, 1.165) is 164 Å². The van der Waals surface area contributed by atoms with Crippen LogP contribution in [0.1, 0.15) is 66.6 Å². The summed E-state index contributed by atoms with van der Waals surface area (Å²) in [6, 6.07) is 54.6. The summed E-state index contributed by atoms with van der Waals surface area (Å²) in [5, 5.41) is 27.9. The van der Waals surface area contributed by atoms with Gasteiger partial charge in [0.25, 0.3) is 0 Å². The highest BCUT2D eigenvalue weighted by atomic mass is 79.9. The second-order valence-electron chi connectivity index (χ2n) is 30.9. The third kappa shape index (κ3) is 26.4. The number of likely N-dealkylation sites (N-methyl/N-ethyl adjacent to an activating group) is 1. The summed E-state index contributed by atoms with van der Waals surface area (Å²) in [5.41, 5.74) is 17.7. The molecule has 0 spiro atoms. The average molecular weight is 2030 g/mol. The Hall–Kier alpha value is -12.9. The largest absolute Gasteiger partial charge is 0.497 e. The molecule has 10 aromatic carbocycles. The van der Waals surface area contributed by atoms with Gasteiger partial charge in [-0.25, -0.2) is 9.59 Å². The lowest BCUT2D eigenvalue weighted by Crippen LogP contribution is -2.32. The molecule has 5 heterocycles. The summed E-state index contributed by atoms with van der Waals surface area (Å²) < 4.78 is 76.7. The number of hydrogen-bond donors (Lipinski definition) is 3. The second-order valence-corrected chi connectivity index (χ2v) is 33.5. The Morgan fingerprint density at radius 1 is 0.415 bits per heavy atom. The maximum Gasteiger partial charge on any atom is 0.496 e. The maximum atomic E-state index is 11.9. The normalized spacial score (nSPS) is 12.1. The van der Waals surface area contributed by atoms with Crippen molar-refractivity contribution in [3.05, 3.63) is 277 Å². The van der Waals surface area contributed by atoms with E-state index in [1.165, 1.54) is 81.4 Å². The number of hydrogen-bond acceptors (Lipinski definition) is 25. The van der Waals surface area contributed by atoms with E-state index in [-0.39, 0.29) is 41.2 Å². The molecule has 15 rings (SSSR count). The summed E-state index contributed by atoms with van der Waals surface area (Å²) >= 11 is 10.5. The molecule has 708 valence electrons. The minimum absolute atomic E-state index is 0.166. The monoisotopic (exact) mass is 2030 g/mol. The Kier molecular flexibility index (Phi) is 40.9. The lowest BCUT2D eigenvalue weighted by atomic mass is 9.78. The van der Waals surface area contributed by atoms with Gasteiger partial charge in [0.05, 0.1) is 139 Å². The van der Waals surface area contributed by atoms with Gasteiger partial charge in [-0.2, -0.15) is 0 Å². The summed E-state index contributed by atoms with van der Waals surface area (Å²) in [5.74, 6) is 5.58. The molecule has 13 aromatic rings. The molecule has 29 heteroatoms. The third-order valence-corrected chi connectivity index (χ3v) is 24.7. The highest BCUT2D eigenvalue weighted by Gasteiger charge is 2.29. The van der Waals surface area contributed by atoms with Gasteiger partial charge in [0, 0.05) is 103 Å². The van der Waals surface area contributed by atoms with E-state index in [0.29, 0.717) is 47.0 Å². The molecular formula is C106H115BBr3N5O20. The van der Waals surface area contributed by atoms with Crippen molar-refractivity contribution in [1.82, 2.24) is 25.2 Å². The van der Waals surface area contributed by atoms with Crippen molar-refractivity contribution in [3.8, 4) is 102 Å². The fourth-order valence-corrected chi connectivity index (χ4v) is 17.3. The van der Waals surface area contributed by atoms with E-state index in [9.17, 15) is 19.2 Å². The van der Waals surface area contributed by atoms with Crippen molar-refractivity contribution < 1.29 is 95.5 Å². The maximum absolute atomic E-state index is 11.9. The third-order valence-electron chi connectivity index (χ3n) is 22.6. The Balaban J connectivity index is 0.000000183. The van der Waals surface area contributed by atoms with Crippen molar-refractivity contribution in [3.63, 3.8) is 0 Å². The first-order chi connectivity index (χ1) is 65.1. The van der Waals surface area contributed by atoms with Gasteiger partial charge in [-0.1, -0.05) is 141 Å². The first-order valence-corrected chi connectivity index (χ1v) is 45.3. The van der Waals surface area contributed by atoms with Crippen LogP contribution in [-0.2, 0) is 76.9 Å². The first kappa shape index (κ1) is 106.